The van der Waals surface area contributed by atoms with Gasteiger partial charge in [0.05, 0.1) is 4.92 Å². The molecule has 1 aliphatic rings. The molecule has 8 heteroatoms. The number of nitro benzene ring substituents is 1. The van der Waals surface area contributed by atoms with E-state index in [1.54, 1.807) is 17.0 Å². The zero-order valence-corrected chi connectivity index (χ0v) is 16.8. The van der Waals surface area contributed by atoms with Gasteiger partial charge in [-0.1, -0.05) is 36.4 Å². The molecule has 1 amide bonds. The summed E-state index contributed by atoms with van der Waals surface area (Å²) in [6, 6.07) is 18.0. The topological polar surface area (TPSA) is 93.0 Å². The van der Waals surface area contributed by atoms with E-state index in [-0.39, 0.29) is 23.8 Å². The number of aldehydes is 1. The second-order valence-electron chi connectivity index (χ2n) is 7.26. The Morgan fingerprint density at radius 3 is 2.52 bits per heavy atom. The third-order valence-electron chi connectivity index (χ3n) is 5.41. The number of hydrogen-bond acceptors (Lipinski definition) is 6. The van der Waals surface area contributed by atoms with Gasteiger partial charge in [-0.2, -0.15) is 0 Å². The lowest BCUT2D eigenvalue weighted by atomic mass is 10.1. The molecular weight excluding hydrogens is 398 g/mol. The maximum atomic E-state index is 12.6. The number of carbonyl (C=O) groups is 2. The maximum absolute atomic E-state index is 12.6. The molecule has 0 spiro atoms. The van der Waals surface area contributed by atoms with Gasteiger partial charge < -0.3 is 14.5 Å². The molecule has 8 nitrogen and oxygen atoms in total. The van der Waals surface area contributed by atoms with Crippen LogP contribution in [0.3, 0.4) is 0 Å². The van der Waals surface area contributed by atoms with Crippen molar-refractivity contribution in [3.8, 4) is 5.75 Å². The number of carbonyl (C=O) groups excluding carboxylic acids is 2. The lowest BCUT2D eigenvalue weighted by Crippen LogP contribution is -2.50. The summed E-state index contributed by atoms with van der Waals surface area (Å²) in [5.74, 6) is 0.536. The highest BCUT2D eigenvalue weighted by Crippen LogP contribution is 2.30. The number of fused-ring (bicyclic) bond motifs is 1. The summed E-state index contributed by atoms with van der Waals surface area (Å²) in [6.45, 7) is 1.72. The summed E-state index contributed by atoms with van der Waals surface area (Å²) < 4.78 is 5.79. The van der Waals surface area contributed by atoms with E-state index in [4.69, 9.17) is 4.74 Å². The zero-order valence-electron chi connectivity index (χ0n) is 16.8. The van der Waals surface area contributed by atoms with Crippen LogP contribution in [-0.4, -0.2) is 54.8 Å². The van der Waals surface area contributed by atoms with E-state index in [1.165, 1.54) is 6.07 Å². The molecule has 0 bridgehead atoms. The first-order chi connectivity index (χ1) is 15.1. The van der Waals surface area contributed by atoms with Gasteiger partial charge in [0.1, 0.15) is 17.7 Å². The predicted octanol–water partition coefficient (Wildman–Crippen LogP) is 3.29. The molecule has 1 aliphatic heterocycles. The number of nitrogens with zero attached hydrogens (tertiary/aromatic N) is 3. The molecule has 3 aromatic rings. The summed E-state index contributed by atoms with van der Waals surface area (Å²) in [6.07, 6.45) is 0.587. The molecular formula is C23H21N3O5. The van der Waals surface area contributed by atoms with E-state index in [0.717, 1.165) is 10.8 Å². The molecule has 0 aromatic heterocycles. The van der Waals surface area contributed by atoms with Crippen LogP contribution in [0.25, 0.3) is 10.8 Å². The van der Waals surface area contributed by atoms with E-state index in [2.05, 4.69) is 0 Å². The third-order valence-corrected chi connectivity index (χ3v) is 5.41. The van der Waals surface area contributed by atoms with E-state index < -0.39 is 4.92 Å². The minimum absolute atomic E-state index is 0.0673. The lowest BCUT2D eigenvalue weighted by molar-refractivity contribution is -0.384. The molecule has 4 rings (SSSR count). The molecule has 3 aromatic carbocycles. The number of benzene rings is 3. The Morgan fingerprint density at radius 2 is 1.77 bits per heavy atom. The first-order valence-corrected chi connectivity index (χ1v) is 9.94. The number of hydrogen-bond donors (Lipinski definition) is 0. The first kappa shape index (κ1) is 20.3. The largest absolute Gasteiger partial charge is 0.483 e. The number of piperazine rings is 1. The van der Waals surface area contributed by atoms with Gasteiger partial charge in [0.15, 0.2) is 6.61 Å². The van der Waals surface area contributed by atoms with Crippen LogP contribution < -0.4 is 9.64 Å². The van der Waals surface area contributed by atoms with Gasteiger partial charge in [0.25, 0.3) is 11.6 Å². The van der Waals surface area contributed by atoms with Crippen molar-refractivity contribution < 1.29 is 19.2 Å². The van der Waals surface area contributed by atoms with Gasteiger partial charge in [0.2, 0.25) is 0 Å². The summed E-state index contributed by atoms with van der Waals surface area (Å²) in [5.41, 5.74) is 0.605. The van der Waals surface area contributed by atoms with Crippen LogP contribution in [0.4, 0.5) is 11.4 Å². The van der Waals surface area contributed by atoms with Crippen molar-refractivity contribution in [2.75, 3.05) is 37.7 Å². The van der Waals surface area contributed by atoms with Crippen molar-refractivity contribution in [3.63, 3.8) is 0 Å². The zero-order chi connectivity index (χ0) is 21.8. The minimum Gasteiger partial charge on any atom is -0.483 e. The van der Waals surface area contributed by atoms with E-state index in [0.29, 0.717) is 43.9 Å². The van der Waals surface area contributed by atoms with Crippen LogP contribution >= 0.6 is 0 Å². The fourth-order valence-electron chi connectivity index (χ4n) is 3.78. The second-order valence-corrected chi connectivity index (χ2v) is 7.26. The molecule has 0 aliphatic carbocycles. The Morgan fingerprint density at radius 1 is 1.03 bits per heavy atom. The fraction of sp³-hybridized carbons (Fsp3) is 0.217. The van der Waals surface area contributed by atoms with E-state index in [9.17, 15) is 19.7 Å². The van der Waals surface area contributed by atoms with Crippen LogP contribution in [-0.2, 0) is 4.79 Å². The smallest absolute Gasteiger partial charge is 0.293 e. The molecule has 1 heterocycles. The van der Waals surface area contributed by atoms with Crippen LogP contribution in [0, 0.1) is 10.1 Å². The Labute approximate surface area is 178 Å². The molecule has 158 valence electrons. The maximum Gasteiger partial charge on any atom is 0.293 e. The summed E-state index contributed by atoms with van der Waals surface area (Å²) in [5, 5.41) is 13.4. The molecule has 0 saturated carbocycles. The van der Waals surface area contributed by atoms with Crippen molar-refractivity contribution in [1.29, 1.82) is 0 Å². The standard InChI is InChI=1S/C23H21N3O5/c27-15-17-8-9-20(21(14-17)26(29)30)24-10-12-25(13-11-24)23(28)16-31-22-7-3-5-18-4-1-2-6-19(18)22/h1-9,14-15H,10-13,16H2. The molecule has 1 fully saturated rings. The molecule has 0 atom stereocenters. The summed E-state index contributed by atoms with van der Waals surface area (Å²) in [4.78, 5) is 38.1. The van der Waals surface area contributed by atoms with Gasteiger partial charge in [0, 0.05) is 43.2 Å². The summed E-state index contributed by atoms with van der Waals surface area (Å²) >= 11 is 0. The fourth-order valence-corrected chi connectivity index (χ4v) is 3.78. The average molecular weight is 419 g/mol. The Bertz CT molecular complexity index is 1130. The van der Waals surface area contributed by atoms with Crippen LogP contribution in [0.5, 0.6) is 5.75 Å². The molecule has 1 saturated heterocycles. The Hall–Kier alpha value is -3.94. The number of rotatable bonds is 6. The predicted molar refractivity (Wildman–Crippen MR) is 117 cm³/mol. The molecule has 0 unspecified atom stereocenters. The van der Waals surface area contributed by atoms with E-state index >= 15 is 0 Å². The highest BCUT2D eigenvalue weighted by molar-refractivity contribution is 5.88. The first-order valence-electron chi connectivity index (χ1n) is 9.94. The van der Waals surface area contributed by atoms with Gasteiger partial charge in [-0.25, -0.2) is 0 Å². The minimum atomic E-state index is -0.488. The number of amides is 1. The number of nitro groups is 1. The highest BCUT2D eigenvalue weighted by Gasteiger charge is 2.26. The van der Waals surface area contributed by atoms with Gasteiger partial charge in [-0.15, -0.1) is 0 Å². The van der Waals surface area contributed by atoms with Crippen molar-refractivity contribution >= 4 is 34.3 Å². The average Bonchev–Trinajstić information content (AvgIpc) is 2.82. The summed E-state index contributed by atoms with van der Waals surface area (Å²) in [7, 11) is 0. The second kappa shape index (κ2) is 8.83. The number of anilines is 1. The SMILES string of the molecule is O=Cc1ccc(N2CCN(C(=O)COc3cccc4ccccc34)CC2)c([N+](=O)[O-])c1. The quantitative estimate of drug-likeness (QED) is 0.346. The molecule has 0 radical (unpaired) electrons. The van der Waals surface area contributed by atoms with Crippen molar-refractivity contribution in [3.05, 3.63) is 76.3 Å². The number of ether oxygens (including phenoxy) is 1. The van der Waals surface area contributed by atoms with Crippen molar-refractivity contribution in [2.24, 2.45) is 0 Å². The van der Waals surface area contributed by atoms with Gasteiger partial charge in [-0.05, 0) is 23.6 Å². The van der Waals surface area contributed by atoms with Gasteiger partial charge >= 0.3 is 0 Å². The van der Waals surface area contributed by atoms with E-state index in [1.807, 2.05) is 47.4 Å². The molecule has 0 N–H and O–H groups in total. The molecule has 31 heavy (non-hydrogen) atoms. The third kappa shape index (κ3) is 4.32. The lowest BCUT2D eigenvalue weighted by Gasteiger charge is -2.35. The highest BCUT2D eigenvalue weighted by atomic mass is 16.6. The monoisotopic (exact) mass is 419 g/mol. The Kier molecular flexibility index (Phi) is 5.79. The van der Waals surface area contributed by atoms with Crippen LogP contribution in [0.2, 0.25) is 0 Å². The van der Waals surface area contributed by atoms with Crippen LogP contribution in [0.15, 0.2) is 60.7 Å². The van der Waals surface area contributed by atoms with Crippen LogP contribution in [0.1, 0.15) is 10.4 Å². The normalized spacial score (nSPS) is 13.8. The Balaban J connectivity index is 1.38. The van der Waals surface area contributed by atoms with Crippen molar-refractivity contribution in [1.82, 2.24) is 4.90 Å². The van der Waals surface area contributed by atoms with Gasteiger partial charge in [-0.3, -0.25) is 19.7 Å². The van der Waals surface area contributed by atoms with Crippen molar-refractivity contribution in [2.45, 2.75) is 0 Å².